The zero-order valence-electron chi connectivity index (χ0n) is 19.0. The molecule has 3 heterocycles. The fourth-order valence-corrected chi connectivity index (χ4v) is 5.93. The Bertz CT molecular complexity index is 1320. The van der Waals surface area contributed by atoms with Crippen molar-refractivity contribution in [3.05, 3.63) is 53.2 Å². The number of hydrogen-bond donors (Lipinski definition) is 1. The molecule has 0 saturated carbocycles. The highest BCUT2D eigenvalue weighted by Gasteiger charge is 2.37. The number of pyridine rings is 1. The Morgan fingerprint density at radius 3 is 2.47 bits per heavy atom. The van der Waals surface area contributed by atoms with Gasteiger partial charge in [0, 0.05) is 11.0 Å². The first-order valence-corrected chi connectivity index (χ1v) is 12.6. The van der Waals surface area contributed by atoms with Crippen LogP contribution in [0.3, 0.4) is 0 Å². The normalized spacial score (nSPS) is 18.1. The van der Waals surface area contributed by atoms with E-state index in [1.165, 1.54) is 25.6 Å². The zero-order chi connectivity index (χ0) is 24.7. The van der Waals surface area contributed by atoms with Crippen LogP contribution in [0.1, 0.15) is 56.0 Å². The molecule has 1 N–H and O–H groups in total. The summed E-state index contributed by atoms with van der Waals surface area (Å²) in [5, 5.41) is 3.65. The van der Waals surface area contributed by atoms with Crippen LogP contribution in [0.15, 0.2) is 30.6 Å². The van der Waals surface area contributed by atoms with E-state index in [0.29, 0.717) is 35.3 Å². The molecule has 7 nitrogen and oxygen atoms in total. The van der Waals surface area contributed by atoms with Crippen LogP contribution in [0.4, 0.5) is 19.0 Å². The van der Waals surface area contributed by atoms with Crippen molar-refractivity contribution in [3.8, 4) is 5.88 Å². The Kier molecular flexibility index (Phi) is 6.41. The first kappa shape index (κ1) is 24.2. The van der Waals surface area contributed by atoms with Crippen molar-refractivity contribution in [1.82, 2.24) is 15.0 Å². The van der Waals surface area contributed by atoms with E-state index in [1.807, 2.05) is 6.92 Å². The number of benzene rings is 1. The van der Waals surface area contributed by atoms with E-state index in [0.717, 1.165) is 6.07 Å². The molecule has 3 aromatic rings. The molecule has 1 aromatic carbocycles. The quantitative estimate of drug-likeness (QED) is 0.529. The minimum Gasteiger partial charge on any atom is -0.479 e. The summed E-state index contributed by atoms with van der Waals surface area (Å²) in [4.78, 5) is 13.2. The molecule has 0 aliphatic carbocycles. The lowest BCUT2D eigenvalue weighted by Crippen LogP contribution is -2.35. The monoisotopic (exact) mass is 494 g/mol. The summed E-state index contributed by atoms with van der Waals surface area (Å²) in [7, 11) is -1.61. The summed E-state index contributed by atoms with van der Waals surface area (Å²) in [6, 6.07) is 4.99. The Morgan fingerprint density at radius 2 is 1.82 bits per heavy atom. The van der Waals surface area contributed by atoms with E-state index in [2.05, 4.69) is 20.3 Å². The summed E-state index contributed by atoms with van der Waals surface area (Å²) in [5.41, 5.74) is -0.0151. The topological polar surface area (TPSA) is 94.1 Å². The average molecular weight is 495 g/mol. The molecule has 182 valence electrons. The maximum Gasteiger partial charge on any atom is 0.266 e. The summed E-state index contributed by atoms with van der Waals surface area (Å²) in [6.45, 7) is 3.61. The molecule has 34 heavy (non-hydrogen) atoms. The minimum absolute atomic E-state index is 0.0682. The summed E-state index contributed by atoms with van der Waals surface area (Å²) in [5.74, 6) is -0.219. The lowest BCUT2D eigenvalue weighted by Gasteiger charge is -2.33. The van der Waals surface area contributed by atoms with E-state index in [-0.39, 0.29) is 22.9 Å². The molecule has 1 atom stereocenters. The summed E-state index contributed by atoms with van der Waals surface area (Å²) < 4.78 is 70.4. The molecular weight excluding hydrogens is 469 g/mol. The largest absolute Gasteiger partial charge is 0.479 e. The van der Waals surface area contributed by atoms with Gasteiger partial charge in [-0.3, -0.25) is 0 Å². The van der Waals surface area contributed by atoms with Gasteiger partial charge in [0.2, 0.25) is 5.88 Å². The van der Waals surface area contributed by atoms with Gasteiger partial charge in [0.1, 0.15) is 33.3 Å². The van der Waals surface area contributed by atoms with Crippen LogP contribution >= 0.6 is 0 Å². The van der Waals surface area contributed by atoms with E-state index in [4.69, 9.17) is 4.74 Å². The van der Waals surface area contributed by atoms with Crippen molar-refractivity contribution < 1.29 is 26.3 Å². The van der Waals surface area contributed by atoms with Gasteiger partial charge in [-0.25, -0.2) is 36.5 Å². The second-order valence-electron chi connectivity index (χ2n) is 8.76. The van der Waals surface area contributed by atoms with Crippen LogP contribution in [0.25, 0.3) is 10.9 Å². The number of sulfone groups is 1. The fourth-order valence-electron chi connectivity index (χ4n) is 4.20. The van der Waals surface area contributed by atoms with Crippen molar-refractivity contribution >= 4 is 26.6 Å². The lowest BCUT2D eigenvalue weighted by molar-refractivity contribution is 0.146. The molecule has 0 unspecified atom stereocenters. The van der Waals surface area contributed by atoms with Gasteiger partial charge in [-0.1, -0.05) is 25.1 Å². The number of aromatic nitrogens is 3. The highest BCUT2D eigenvalue weighted by atomic mass is 32.2. The lowest BCUT2D eigenvalue weighted by atomic mass is 9.80. The number of halogens is 3. The number of methoxy groups -OCH3 is 1. The minimum atomic E-state index is -3.07. The van der Waals surface area contributed by atoms with Gasteiger partial charge in [0.25, 0.3) is 6.43 Å². The average Bonchev–Trinajstić information content (AvgIpc) is 2.80. The van der Waals surface area contributed by atoms with Crippen molar-refractivity contribution in [2.75, 3.05) is 23.9 Å². The Morgan fingerprint density at radius 1 is 1.15 bits per heavy atom. The van der Waals surface area contributed by atoms with Crippen LogP contribution in [-0.2, 0) is 15.3 Å². The van der Waals surface area contributed by atoms with Crippen molar-refractivity contribution in [1.29, 1.82) is 0 Å². The smallest absolute Gasteiger partial charge is 0.266 e. The SMILES string of the molecule is COc1nc(C2(C)CCS(=O)(=O)CC2)cc2c(N[C@H](C)c3cccc(C(F)F)c3F)ncnc12. The molecule has 0 bridgehead atoms. The number of fused-ring (bicyclic) bond motifs is 1. The van der Waals surface area contributed by atoms with Crippen LogP contribution in [0.5, 0.6) is 5.88 Å². The highest BCUT2D eigenvalue weighted by molar-refractivity contribution is 7.91. The Balaban J connectivity index is 1.76. The standard InChI is InChI=1S/C23H25F3N4O3S/c1-13(14-5-4-6-15(18(14)24)20(25)26)29-21-16-11-17(23(2)7-9-34(31,32)10-8-23)30-22(33-3)19(16)27-12-28-21/h4-6,11-13,20H,7-10H2,1-3H3,(H,27,28,29)/t13-/m1/s1. The molecule has 0 amide bonds. The highest BCUT2D eigenvalue weighted by Crippen LogP contribution is 2.39. The maximum absolute atomic E-state index is 14.7. The molecule has 2 aromatic heterocycles. The van der Waals surface area contributed by atoms with Crippen molar-refractivity contribution in [3.63, 3.8) is 0 Å². The molecule has 1 fully saturated rings. The Labute approximate surface area is 195 Å². The van der Waals surface area contributed by atoms with Gasteiger partial charge < -0.3 is 10.1 Å². The molecule has 1 aliphatic rings. The molecule has 11 heteroatoms. The predicted octanol–water partition coefficient (Wildman–Crippen LogP) is 4.75. The Hall–Kier alpha value is -2.95. The van der Waals surface area contributed by atoms with E-state index < -0.39 is 39.1 Å². The van der Waals surface area contributed by atoms with Crippen LogP contribution in [0, 0.1) is 5.82 Å². The van der Waals surface area contributed by atoms with Crippen LogP contribution in [0.2, 0.25) is 0 Å². The number of nitrogens with one attached hydrogen (secondary N) is 1. The van der Waals surface area contributed by atoms with Crippen molar-refractivity contribution in [2.24, 2.45) is 0 Å². The van der Waals surface area contributed by atoms with Crippen LogP contribution < -0.4 is 10.1 Å². The first-order chi connectivity index (χ1) is 16.0. The second kappa shape index (κ2) is 9.01. The van der Waals surface area contributed by atoms with Crippen LogP contribution in [-0.4, -0.2) is 42.0 Å². The molecule has 4 rings (SSSR count). The molecule has 0 radical (unpaired) electrons. The molecular formula is C23H25F3N4O3S. The van der Waals surface area contributed by atoms with Crippen molar-refractivity contribution in [2.45, 2.75) is 44.6 Å². The number of alkyl halides is 2. The molecule has 1 aliphatic heterocycles. The second-order valence-corrected chi connectivity index (χ2v) is 11.1. The van der Waals surface area contributed by atoms with E-state index >= 15 is 0 Å². The maximum atomic E-state index is 14.7. The van der Waals surface area contributed by atoms with Gasteiger partial charge in [-0.2, -0.15) is 0 Å². The van der Waals surface area contributed by atoms with Gasteiger partial charge in [0.05, 0.1) is 41.3 Å². The molecule has 1 saturated heterocycles. The third-order valence-electron chi connectivity index (χ3n) is 6.44. The fraction of sp³-hybridized carbons (Fsp3) is 0.435. The first-order valence-electron chi connectivity index (χ1n) is 10.8. The third kappa shape index (κ3) is 4.53. The number of anilines is 1. The van der Waals surface area contributed by atoms with Gasteiger partial charge in [-0.05, 0) is 25.8 Å². The summed E-state index contributed by atoms with van der Waals surface area (Å²) >= 11 is 0. The van der Waals surface area contributed by atoms with E-state index in [9.17, 15) is 21.6 Å². The van der Waals surface area contributed by atoms with E-state index in [1.54, 1.807) is 13.0 Å². The molecule has 0 spiro atoms. The predicted molar refractivity (Wildman–Crippen MR) is 123 cm³/mol. The summed E-state index contributed by atoms with van der Waals surface area (Å²) in [6.07, 6.45) is -0.794. The van der Waals surface area contributed by atoms with Gasteiger partial charge in [0.15, 0.2) is 0 Å². The van der Waals surface area contributed by atoms with Gasteiger partial charge >= 0.3 is 0 Å². The third-order valence-corrected chi connectivity index (χ3v) is 8.10. The zero-order valence-corrected chi connectivity index (χ0v) is 19.8. The number of ether oxygens (including phenoxy) is 1. The van der Waals surface area contributed by atoms with Gasteiger partial charge in [-0.15, -0.1) is 0 Å². The number of nitrogens with zero attached hydrogens (tertiary/aromatic N) is 3. The number of rotatable bonds is 6. The number of hydrogen-bond acceptors (Lipinski definition) is 7.